The molecule has 0 unspecified atom stereocenters. The molecule has 1 aromatic heterocycles. The van der Waals surface area contributed by atoms with Gasteiger partial charge in [-0.2, -0.15) is 26.3 Å². The summed E-state index contributed by atoms with van der Waals surface area (Å²) in [4.78, 5) is 21.7. The molecule has 0 spiro atoms. The van der Waals surface area contributed by atoms with E-state index in [-0.39, 0.29) is 6.07 Å². The Morgan fingerprint density at radius 1 is 0.912 bits per heavy atom. The van der Waals surface area contributed by atoms with Gasteiger partial charge in [-0.1, -0.05) is 0 Å². The predicted octanol–water partition coefficient (Wildman–Crippen LogP) is 5.39. The Hall–Kier alpha value is -2.09. The van der Waals surface area contributed by atoms with Crippen LogP contribution in [0.3, 0.4) is 0 Å². The van der Waals surface area contributed by atoms with E-state index < -0.39 is 40.4 Å². The second kappa shape index (κ2) is 9.51. The topological polar surface area (TPSA) is 48.5 Å². The quantitative estimate of drug-likeness (QED) is 0.378. The summed E-state index contributed by atoms with van der Waals surface area (Å²) in [6, 6.07) is 2.98. The maximum absolute atomic E-state index is 13.3. The van der Waals surface area contributed by atoms with E-state index in [4.69, 9.17) is 0 Å². The van der Waals surface area contributed by atoms with E-state index in [0.29, 0.717) is 21.4 Å². The molecule has 2 heterocycles. The molecule has 1 saturated heterocycles. The second-order valence-corrected chi connectivity index (χ2v) is 9.85. The molecule has 34 heavy (non-hydrogen) atoms. The minimum Gasteiger partial charge on any atom is -0.354 e. The molecule has 1 aromatic carbocycles. The summed E-state index contributed by atoms with van der Waals surface area (Å²) >= 11 is 2.00. The molecule has 0 radical (unpaired) electrons. The number of carbonyl (C=O) groups excluding carboxylic acids is 1. The van der Waals surface area contributed by atoms with E-state index in [1.807, 2.05) is 29.6 Å². The molecule has 1 fully saturated rings. The van der Waals surface area contributed by atoms with Crippen LogP contribution < -0.4 is 10.2 Å². The standard InChI is InChI=1S/C22H23F6IN4O/c1-20(2,13-8-14(21(23,24)25)10-15(9-13)22(26,27)28)19(34)31-17-12-30-18(11-16(17)29)33-6-4-32(3)5-7-33/h8-12H,4-7H2,1-3H3,(H,31,34). The van der Waals surface area contributed by atoms with Crippen LogP contribution in [-0.4, -0.2) is 49.0 Å². The zero-order chi connectivity index (χ0) is 25.5. The Morgan fingerprint density at radius 2 is 1.41 bits per heavy atom. The third-order valence-electron chi connectivity index (χ3n) is 5.79. The van der Waals surface area contributed by atoms with Crippen molar-refractivity contribution in [3.8, 4) is 0 Å². The van der Waals surface area contributed by atoms with Crippen molar-refractivity contribution in [2.75, 3.05) is 43.4 Å². The van der Waals surface area contributed by atoms with Crippen molar-refractivity contribution in [2.45, 2.75) is 31.6 Å². The van der Waals surface area contributed by atoms with Crippen LogP contribution in [0.1, 0.15) is 30.5 Å². The van der Waals surface area contributed by atoms with Crippen molar-refractivity contribution in [3.63, 3.8) is 0 Å². The van der Waals surface area contributed by atoms with Crippen molar-refractivity contribution in [3.05, 3.63) is 50.7 Å². The first-order chi connectivity index (χ1) is 15.6. The maximum atomic E-state index is 13.3. The number of hydrogen-bond donors (Lipinski definition) is 1. The number of piperazine rings is 1. The number of rotatable bonds is 4. The highest BCUT2D eigenvalue weighted by atomic mass is 127. The average Bonchev–Trinajstić information content (AvgIpc) is 2.74. The van der Waals surface area contributed by atoms with E-state index in [1.54, 1.807) is 6.07 Å². The molecule has 0 saturated carbocycles. The molecular weight excluding hydrogens is 577 g/mol. The zero-order valence-electron chi connectivity index (χ0n) is 18.6. The van der Waals surface area contributed by atoms with E-state index in [2.05, 4.69) is 20.1 Å². The van der Waals surface area contributed by atoms with Gasteiger partial charge >= 0.3 is 12.4 Å². The minimum atomic E-state index is -5.00. The van der Waals surface area contributed by atoms with Gasteiger partial charge in [0, 0.05) is 29.7 Å². The van der Waals surface area contributed by atoms with Crippen molar-refractivity contribution < 1.29 is 31.1 Å². The van der Waals surface area contributed by atoms with Gasteiger partial charge in [-0.3, -0.25) is 4.79 Å². The van der Waals surface area contributed by atoms with Gasteiger partial charge in [-0.15, -0.1) is 0 Å². The van der Waals surface area contributed by atoms with Crippen molar-refractivity contribution >= 4 is 40.0 Å². The highest BCUT2D eigenvalue weighted by Crippen LogP contribution is 2.39. The highest BCUT2D eigenvalue weighted by molar-refractivity contribution is 14.1. The number of nitrogens with one attached hydrogen (secondary N) is 1. The number of amides is 1. The van der Waals surface area contributed by atoms with Gasteiger partial charge in [0.15, 0.2) is 0 Å². The van der Waals surface area contributed by atoms with Crippen LogP contribution in [0.4, 0.5) is 37.8 Å². The molecule has 1 N–H and O–H groups in total. The number of nitrogens with zero attached hydrogens (tertiary/aromatic N) is 3. The van der Waals surface area contributed by atoms with Gasteiger partial charge < -0.3 is 15.1 Å². The molecule has 0 aliphatic carbocycles. The molecule has 1 aliphatic heterocycles. The van der Waals surface area contributed by atoms with Crippen LogP contribution in [0.25, 0.3) is 0 Å². The molecule has 186 valence electrons. The summed E-state index contributed by atoms with van der Waals surface area (Å²) in [5.74, 6) is -0.0329. The number of likely N-dealkylation sites (N-methyl/N-ethyl adjacent to an activating group) is 1. The molecule has 0 bridgehead atoms. The Balaban J connectivity index is 1.87. The molecule has 12 heteroatoms. The van der Waals surface area contributed by atoms with E-state index in [1.165, 1.54) is 20.0 Å². The first-order valence-corrected chi connectivity index (χ1v) is 11.4. The molecule has 1 aliphatic rings. The summed E-state index contributed by atoms with van der Waals surface area (Å²) in [5, 5.41) is 2.60. The number of carbonyl (C=O) groups is 1. The average molecular weight is 600 g/mol. The summed E-state index contributed by atoms with van der Waals surface area (Å²) in [5.41, 5.74) is -4.71. The smallest absolute Gasteiger partial charge is 0.354 e. The molecule has 5 nitrogen and oxygen atoms in total. The molecular formula is C22H23F6IN4O. The molecule has 3 rings (SSSR count). The lowest BCUT2D eigenvalue weighted by Gasteiger charge is -2.33. The fraction of sp³-hybridized carbons (Fsp3) is 0.455. The van der Waals surface area contributed by atoms with Crippen LogP contribution in [-0.2, 0) is 22.6 Å². The Morgan fingerprint density at radius 3 is 1.88 bits per heavy atom. The Kier molecular flexibility index (Phi) is 7.42. The lowest BCUT2D eigenvalue weighted by molar-refractivity contribution is -0.143. The van der Waals surface area contributed by atoms with E-state index in [9.17, 15) is 31.1 Å². The summed E-state index contributed by atoms with van der Waals surface area (Å²) in [7, 11) is 2.02. The van der Waals surface area contributed by atoms with Crippen LogP contribution in [0.5, 0.6) is 0 Å². The zero-order valence-corrected chi connectivity index (χ0v) is 20.8. The molecule has 1 amide bonds. The van der Waals surface area contributed by atoms with Gasteiger partial charge in [0.25, 0.3) is 0 Å². The molecule has 0 atom stereocenters. The number of anilines is 2. The van der Waals surface area contributed by atoms with Crippen molar-refractivity contribution in [2.24, 2.45) is 0 Å². The highest BCUT2D eigenvalue weighted by Gasteiger charge is 2.40. The van der Waals surface area contributed by atoms with Gasteiger partial charge in [0.05, 0.1) is 28.4 Å². The summed E-state index contributed by atoms with van der Waals surface area (Å²) in [6.07, 6.45) is -8.56. The lowest BCUT2D eigenvalue weighted by Crippen LogP contribution is -2.44. The van der Waals surface area contributed by atoms with Crippen molar-refractivity contribution in [1.29, 1.82) is 0 Å². The number of hydrogen-bond acceptors (Lipinski definition) is 4. The third kappa shape index (κ3) is 5.93. The van der Waals surface area contributed by atoms with E-state index >= 15 is 0 Å². The van der Waals surface area contributed by atoms with Gasteiger partial charge in [-0.25, -0.2) is 4.98 Å². The molecule has 2 aromatic rings. The van der Waals surface area contributed by atoms with Crippen LogP contribution in [0, 0.1) is 3.57 Å². The van der Waals surface area contributed by atoms with Crippen LogP contribution in [0.2, 0.25) is 0 Å². The third-order valence-corrected chi connectivity index (χ3v) is 6.68. The van der Waals surface area contributed by atoms with Gasteiger partial charge in [-0.05, 0) is 73.3 Å². The van der Waals surface area contributed by atoms with E-state index in [0.717, 1.165) is 32.0 Å². The lowest BCUT2D eigenvalue weighted by atomic mass is 9.81. The number of aromatic nitrogens is 1. The largest absolute Gasteiger partial charge is 0.416 e. The Labute approximate surface area is 206 Å². The SMILES string of the molecule is CN1CCN(c2cc(I)c(NC(=O)C(C)(C)c3cc(C(F)(F)F)cc(C(F)(F)F)c3)cn2)CC1. The fourth-order valence-electron chi connectivity index (χ4n) is 3.45. The first-order valence-electron chi connectivity index (χ1n) is 10.3. The Bertz CT molecular complexity index is 1030. The number of pyridine rings is 1. The monoisotopic (exact) mass is 600 g/mol. The summed E-state index contributed by atoms with van der Waals surface area (Å²) < 4.78 is 80.2. The number of halogens is 7. The first kappa shape index (κ1) is 26.5. The summed E-state index contributed by atoms with van der Waals surface area (Å²) in [6.45, 7) is 5.88. The van der Waals surface area contributed by atoms with Crippen molar-refractivity contribution in [1.82, 2.24) is 9.88 Å². The fourth-order valence-corrected chi connectivity index (χ4v) is 4.00. The minimum absolute atomic E-state index is 0.0431. The normalized spacial score (nSPS) is 16.0. The predicted molar refractivity (Wildman–Crippen MR) is 125 cm³/mol. The van der Waals surface area contributed by atoms with Gasteiger partial charge in [0.2, 0.25) is 5.91 Å². The number of benzene rings is 1. The van der Waals surface area contributed by atoms with Crippen LogP contribution in [0.15, 0.2) is 30.5 Å². The maximum Gasteiger partial charge on any atom is 0.416 e. The van der Waals surface area contributed by atoms with Gasteiger partial charge in [0.1, 0.15) is 5.82 Å². The van der Waals surface area contributed by atoms with Crippen LogP contribution >= 0.6 is 22.6 Å². The second-order valence-electron chi connectivity index (χ2n) is 8.69. The number of alkyl halides is 6.